The molecule has 0 saturated carbocycles. The largest absolute Gasteiger partial charge is 0.466 e. The van der Waals surface area contributed by atoms with Crippen molar-refractivity contribution in [2.45, 2.75) is 52.9 Å². The topological polar surface area (TPSA) is 67.6 Å². The molecule has 27 heavy (non-hydrogen) atoms. The van der Waals surface area contributed by atoms with Crippen LogP contribution in [0.2, 0.25) is 0 Å². The summed E-state index contributed by atoms with van der Waals surface area (Å²) in [5.74, 6) is -0.173. The zero-order valence-electron chi connectivity index (χ0n) is 17.1. The first kappa shape index (κ1) is 22.6. The molecule has 5 heteroatoms. The van der Waals surface area contributed by atoms with Crippen molar-refractivity contribution in [3.8, 4) is 0 Å². The Balaban J connectivity index is 3.10. The van der Waals surface area contributed by atoms with Gasteiger partial charge in [-0.05, 0) is 50.1 Å². The van der Waals surface area contributed by atoms with E-state index in [0.717, 1.165) is 49.2 Å². The molecule has 3 N–H and O–H groups in total. The zero-order valence-corrected chi connectivity index (χ0v) is 17.1. The smallest absolute Gasteiger partial charge is 0.307 e. The Kier molecular flexibility index (Phi) is 10.1. The highest BCUT2D eigenvalue weighted by Crippen LogP contribution is 2.31. The molecule has 0 atom stereocenters. The molecule has 1 aromatic rings. The third kappa shape index (κ3) is 7.37. The summed E-state index contributed by atoms with van der Waals surface area (Å²) in [6.07, 6.45) is 5.85. The Hall–Kier alpha value is -2.43. The molecule has 0 aliphatic carbocycles. The van der Waals surface area contributed by atoms with Crippen LogP contribution in [0.4, 0.5) is 17.1 Å². The van der Waals surface area contributed by atoms with Crippen LogP contribution in [0.25, 0.3) is 0 Å². The van der Waals surface area contributed by atoms with Gasteiger partial charge in [0.2, 0.25) is 0 Å². The molecule has 0 amide bonds. The monoisotopic (exact) mass is 373 g/mol. The lowest BCUT2D eigenvalue weighted by Gasteiger charge is -2.28. The van der Waals surface area contributed by atoms with Gasteiger partial charge in [-0.25, -0.2) is 0 Å². The number of nitrogens with one attached hydrogen (secondary N) is 1. The number of carbonyl (C=O) groups is 1. The molecule has 1 rings (SSSR count). The lowest BCUT2D eigenvalue weighted by molar-refractivity contribution is -0.142. The van der Waals surface area contributed by atoms with Crippen LogP contribution in [-0.4, -0.2) is 25.7 Å². The van der Waals surface area contributed by atoms with E-state index in [0.29, 0.717) is 25.3 Å². The molecule has 0 aromatic heterocycles. The minimum Gasteiger partial charge on any atom is -0.466 e. The summed E-state index contributed by atoms with van der Waals surface area (Å²) in [4.78, 5) is 14.1. The molecule has 150 valence electrons. The Morgan fingerprint density at radius 3 is 2.52 bits per heavy atom. The summed E-state index contributed by atoms with van der Waals surface area (Å²) in [5, 5.41) is 3.10. The van der Waals surface area contributed by atoms with Crippen LogP contribution in [0.1, 0.15) is 52.0 Å². The number of anilines is 3. The number of ether oxygens (including phenoxy) is 1. The van der Waals surface area contributed by atoms with E-state index in [9.17, 15) is 4.79 Å². The number of benzene rings is 1. The number of nitrogen functional groups attached to an aromatic ring is 1. The van der Waals surface area contributed by atoms with Gasteiger partial charge in [-0.1, -0.05) is 39.0 Å². The molecular formula is C22H35N3O2. The van der Waals surface area contributed by atoms with Crippen molar-refractivity contribution >= 4 is 23.0 Å². The summed E-state index contributed by atoms with van der Waals surface area (Å²) in [7, 11) is 0. The van der Waals surface area contributed by atoms with Crippen molar-refractivity contribution in [3.63, 3.8) is 0 Å². The fourth-order valence-corrected chi connectivity index (χ4v) is 3.05. The lowest BCUT2D eigenvalue weighted by atomic mass is 10.0. The van der Waals surface area contributed by atoms with Gasteiger partial charge >= 0.3 is 5.97 Å². The number of carbonyl (C=O) groups excluding carboxylic acids is 1. The van der Waals surface area contributed by atoms with Crippen LogP contribution in [0.3, 0.4) is 0 Å². The van der Waals surface area contributed by atoms with E-state index in [1.807, 2.05) is 19.1 Å². The molecule has 1 aromatic carbocycles. The van der Waals surface area contributed by atoms with Gasteiger partial charge in [-0.2, -0.15) is 0 Å². The predicted octanol–water partition coefficient (Wildman–Crippen LogP) is 4.89. The predicted molar refractivity (Wildman–Crippen MR) is 116 cm³/mol. The second kappa shape index (κ2) is 12.0. The molecule has 0 saturated heterocycles. The number of nitrogens with zero attached hydrogens (tertiary/aromatic N) is 1. The number of nitrogens with two attached hydrogens (primary N) is 1. The first-order valence-corrected chi connectivity index (χ1v) is 9.83. The van der Waals surface area contributed by atoms with E-state index < -0.39 is 0 Å². The third-order valence-electron chi connectivity index (χ3n) is 4.46. The van der Waals surface area contributed by atoms with Gasteiger partial charge < -0.3 is 20.7 Å². The maximum Gasteiger partial charge on any atom is 0.307 e. The number of esters is 1. The van der Waals surface area contributed by atoms with Crippen LogP contribution < -0.4 is 16.0 Å². The first-order chi connectivity index (χ1) is 13.0. The fraction of sp³-hybridized carbons (Fsp3) is 0.500. The molecule has 0 heterocycles. The molecule has 0 bridgehead atoms. The van der Waals surface area contributed by atoms with Crippen LogP contribution in [0.5, 0.6) is 0 Å². The Morgan fingerprint density at radius 1 is 1.22 bits per heavy atom. The highest BCUT2D eigenvalue weighted by Gasteiger charge is 2.16. The maximum atomic E-state index is 11.9. The summed E-state index contributed by atoms with van der Waals surface area (Å²) in [5.41, 5.74) is 11.2. The number of aryl methyl sites for hydroxylation is 1. The molecule has 5 nitrogen and oxygen atoms in total. The van der Waals surface area contributed by atoms with E-state index in [-0.39, 0.29) is 5.97 Å². The Labute approximate surface area is 164 Å². The summed E-state index contributed by atoms with van der Waals surface area (Å²) >= 11 is 0. The van der Waals surface area contributed by atoms with Gasteiger partial charge in [-0.3, -0.25) is 4.79 Å². The van der Waals surface area contributed by atoms with E-state index in [4.69, 9.17) is 10.5 Å². The average molecular weight is 374 g/mol. The van der Waals surface area contributed by atoms with Gasteiger partial charge in [0, 0.05) is 18.8 Å². The summed E-state index contributed by atoms with van der Waals surface area (Å²) in [6.45, 7) is 15.8. The van der Waals surface area contributed by atoms with E-state index in [2.05, 4.69) is 37.2 Å². The molecule has 0 unspecified atom stereocenters. The maximum absolute atomic E-state index is 11.9. The zero-order chi connectivity index (χ0) is 20.2. The highest BCUT2D eigenvalue weighted by molar-refractivity contribution is 5.76. The van der Waals surface area contributed by atoms with Crippen LogP contribution in [0.15, 0.2) is 37.1 Å². The van der Waals surface area contributed by atoms with Gasteiger partial charge in [0.1, 0.15) is 0 Å². The fourth-order valence-electron chi connectivity index (χ4n) is 3.05. The van der Waals surface area contributed by atoms with Crippen molar-refractivity contribution in [1.29, 1.82) is 0 Å². The summed E-state index contributed by atoms with van der Waals surface area (Å²) < 4.78 is 5.10. The van der Waals surface area contributed by atoms with E-state index >= 15 is 0 Å². The van der Waals surface area contributed by atoms with Crippen LogP contribution >= 0.6 is 0 Å². The van der Waals surface area contributed by atoms with Crippen molar-refractivity contribution in [2.75, 3.05) is 35.6 Å². The average Bonchev–Trinajstić information content (AvgIpc) is 2.64. The lowest BCUT2D eigenvalue weighted by Crippen LogP contribution is -2.29. The minimum absolute atomic E-state index is 0.173. The molecule has 0 spiro atoms. The number of hydrogen-bond donors (Lipinski definition) is 2. The SMILES string of the molecule is C=CNc1cc(N(CCC(=C)CCC)CCC(=O)OCC)c(CC)cc1N. The van der Waals surface area contributed by atoms with Crippen molar-refractivity contribution in [2.24, 2.45) is 0 Å². The number of rotatable bonds is 13. The van der Waals surface area contributed by atoms with Gasteiger partial charge in [0.25, 0.3) is 0 Å². The third-order valence-corrected chi connectivity index (χ3v) is 4.46. The molecule has 0 radical (unpaired) electrons. The van der Waals surface area contributed by atoms with Crippen LogP contribution in [-0.2, 0) is 16.0 Å². The second-order valence-corrected chi connectivity index (χ2v) is 6.56. The second-order valence-electron chi connectivity index (χ2n) is 6.56. The normalized spacial score (nSPS) is 10.3. The summed E-state index contributed by atoms with van der Waals surface area (Å²) in [6, 6.07) is 4.04. The molecule has 0 aliphatic heterocycles. The van der Waals surface area contributed by atoms with Gasteiger partial charge in [-0.15, -0.1) is 0 Å². The standard InChI is InChI=1S/C22H35N3O2/c1-6-10-17(5)11-13-25(14-12-22(26)27-9-4)21-16-20(24-8-3)19(23)15-18(21)7-2/h8,15-16,24H,3,5-7,9-14,23H2,1-2,4H3. The molecular weight excluding hydrogens is 338 g/mol. The highest BCUT2D eigenvalue weighted by atomic mass is 16.5. The van der Waals surface area contributed by atoms with Crippen molar-refractivity contribution < 1.29 is 9.53 Å². The van der Waals surface area contributed by atoms with Gasteiger partial charge in [0.15, 0.2) is 0 Å². The van der Waals surface area contributed by atoms with E-state index in [1.165, 1.54) is 5.57 Å². The minimum atomic E-state index is -0.173. The van der Waals surface area contributed by atoms with E-state index in [1.54, 1.807) is 6.20 Å². The Morgan fingerprint density at radius 2 is 1.93 bits per heavy atom. The van der Waals surface area contributed by atoms with Crippen LogP contribution in [0, 0.1) is 0 Å². The van der Waals surface area contributed by atoms with Crippen molar-refractivity contribution in [1.82, 2.24) is 0 Å². The molecule has 0 fully saturated rings. The van der Waals surface area contributed by atoms with Gasteiger partial charge in [0.05, 0.1) is 24.4 Å². The quantitative estimate of drug-likeness (QED) is 0.293. The Bertz CT molecular complexity index is 619. The first-order valence-electron chi connectivity index (χ1n) is 9.83. The van der Waals surface area contributed by atoms with Crippen molar-refractivity contribution in [3.05, 3.63) is 42.6 Å². The number of hydrogen-bond acceptors (Lipinski definition) is 5. The molecule has 0 aliphatic rings.